The lowest BCUT2D eigenvalue weighted by atomic mass is 10.0. The zero-order chi connectivity index (χ0) is 15.1. The summed E-state index contributed by atoms with van der Waals surface area (Å²) in [5.74, 6) is -0.844. The first-order valence-corrected chi connectivity index (χ1v) is 6.61. The van der Waals surface area contributed by atoms with Gasteiger partial charge in [0.25, 0.3) is 5.91 Å². The molecule has 0 saturated carbocycles. The molecule has 0 radical (unpaired) electrons. The zero-order valence-electron chi connectivity index (χ0n) is 12.0. The second-order valence-electron chi connectivity index (χ2n) is 4.83. The molecule has 2 unspecified atom stereocenters. The average Bonchev–Trinajstić information content (AvgIpc) is 2.44. The van der Waals surface area contributed by atoms with Crippen molar-refractivity contribution in [1.29, 1.82) is 0 Å². The summed E-state index contributed by atoms with van der Waals surface area (Å²) in [6, 6.07) is 1.69. The van der Waals surface area contributed by atoms with E-state index >= 15 is 0 Å². The van der Waals surface area contributed by atoms with Crippen LogP contribution in [0.3, 0.4) is 0 Å². The summed E-state index contributed by atoms with van der Waals surface area (Å²) in [6.45, 7) is 6.12. The van der Waals surface area contributed by atoms with Crippen LogP contribution in [-0.2, 0) is 4.79 Å². The van der Waals surface area contributed by atoms with E-state index in [4.69, 9.17) is 5.11 Å². The van der Waals surface area contributed by atoms with Crippen molar-refractivity contribution in [2.24, 2.45) is 5.92 Å². The molecule has 1 aromatic heterocycles. The van der Waals surface area contributed by atoms with E-state index in [1.54, 1.807) is 6.07 Å². The molecule has 0 aliphatic carbocycles. The Hall–Kier alpha value is -2.17. The minimum atomic E-state index is -1.04. The van der Waals surface area contributed by atoms with Crippen LogP contribution in [0.5, 0.6) is 0 Å². The number of aromatic nitrogens is 1. The van der Waals surface area contributed by atoms with E-state index in [1.165, 1.54) is 18.5 Å². The van der Waals surface area contributed by atoms with E-state index in [0.29, 0.717) is 17.0 Å². The van der Waals surface area contributed by atoms with Gasteiger partial charge in [-0.05, 0) is 30.5 Å². The van der Waals surface area contributed by atoms with Crippen molar-refractivity contribution in [3.05, 3.63) is 35.7 Å². The molecular weight excluding hydrogens is 256 g/mol. The third-order valence-corrected chi connectivity index (χ3v) is 3.30. The molecule has 1 rings (SSSR count). The highest BCUT2D eigenvalue weighted by Crippen LogP contribution is 2.09. The van der Waals surface area contributed by atoms with Crippen LogP contribution in [0, 0.1) is 5.92 Å². The largest absolute Gasteiger partial charge is 0.478 e. The van der Waals surface area contributed by atoms with Gasteiger partial charge in [-0.25, -0.2) is 4.79 Å². The molecule has 2 N–H and O–H groups in total. The molecule has 108 valence electrons. The van der Waals surface area contributed by atoms with Gasteiger partial charge in [0.05, 0.1) is 5.56 Å². The second kappa shape index (κ2) is 7.43. The van der Waals surface area contributed by atoms with Gasteiger partial charge < -0.3 is 10.4 Å². The average molecular weight is 276 g/mol. The Bertz CT molecular complexity index is 512. The Morgan fingerprint density at radius 2 is 2.10 bits per heavy atom. The van der Waals surface area contributed by atoms with Gasteiger partial charge in [-0.2, -0.15) is 0 Å². The molecule has 2 atom stereocenters. The van der Waals surface area contributed by atoms with Crippen LogP contribution in [0.1, 0.15) is 43.1 Å². The molecule has 0 fully saturated rings. The van der Waals surface area contributed by atoms with Gasteiger partial charge in [0.2, 0.25) is 0 Å². The van der Waals surface area contributed by atoms with Crippen LogP contribution in [0.2, 0.25) is 0 Å². The number of amides is 1. The summed E-state index contributed by atoms with van der Waals surface area (Å²) in [5.41, 5.74) is 1.00. The second-order valence-corrected chi connectivity index (χ2v) is 4.83. The van der Waals surface area contributed by atoms with Crippen molar-refractivity contribution in [1.82, 2.24) is 10.3 Å². The Morgan fingerprint density at radius 1 is 1.40 bits per heavy atom. The van der Waals surface area contributed by atoms with Crippen molar-refractivity contribution >= 4 is 18.0 Å². The molecule has 0 aliphatic rings. The molecule has 0 saturated heterocycles. The summed E-state index contributed by atoms with van der Waals surface area (Å²) in [4.78, 5) is 26.5. The third kappa shape index (κ3) is 4.84. The van der Waals surface area contributed by atoms with E-state index in [-0.39, 0.29) is 11.9 Å². The lowest BCUT2D eigenvalue weighted by molar-refractivity contribution is -0.131. The number of nitrogens with zero attached hydrogens (tertiary/aromatic N) is 1. The first kappa shape index (κ1) is 15.9. The van der Waals surface area contributed by atoms with Gasteiger partial charge in [-0.15, -0.1) is 0 Å². The number of carbonyl (C=O) groups is 2. The van der Waals surface area contributed by atoms with Crippen molar-refractivity contribution < 1.29 is 14.7 Å². The van der Waals surface area contributed by atoms with E-state index in [0.717, 1.165) is 12.5 Å². The van der Waals surface area contributed by atoms with Gasteiger partial charge in [0, 0.05) is 24.5 Å². The first-order valence-electron chi connectivity index (χ1n) is 6.61. The summed E-state index contributed by atoms with van der Waals surface area (Å²) >= 11 is 0. The fourth-order valence-corrected chi connectivity index (χ4v) is 1.63. The fraction of sp³-hybridized carbons (Fsp3) is 0.400. The van der Waals surface area contributed by atoms with Gasteiger partial charge >= 0.3 is 5.97 Å². The number of hydrogen-bond acceptors (Lipinski definition) is 3. The summed E-state index contributed by atoms with van der Waals surface area (Å²) in [5, 5.41) is 11.5. The lowest BCUT2D eigenvalue weighted by Gasteiger charge is -2.19. The van der Waals surface area contributed by atoms with E-state index in [1.807, 2.05) is 6.92 Å². The third-order valence-electron chi connectivity index (χ3n) is 3.30. The highest BCUT2D eigenvalue weighted by molar-refractivity contribution is 5.95. The van der Waals surface area contributed by atoms with E-state index in [2.05, 4.69) is 24.1 Å². The smallest absolute Gasteiger partial charge is 0.328 e. The number of carbonyl (C=O) groups excluding carboxylic acids is 1. The summed E-state index contributed by atoms with van der Waals surface area (Å²) in [7, 11) is 0. The highest BCUT2D eigenvalue weighted by Gasteiger charge is 2.14. The minimum Gasteiger partial charge on any atom is -0.478 e. The number of carboxylic acids is 1. The zero-order valence-corrected chi connectivity index (χ0v) is 12.0. The van der Waals surface area contributed by atoms with Crippen LogP contribution >= 0.6 is 0 Å². The van der Waals surface area contributed by atoms with E-state index < -0.39 is 5.97 Å². The van der Waals surface area contributed by atoms with Gasteiger partial charge in [-0.1, -0.05) is 20.3 Å². The molecular formula is C15H20N2O3. The number of rotatable bonds is 6. The van der Waals surface area contributed by atoms with Crippen LogP contribution in [0.15, 0.2) is 24.5 Å². The minimum absolute atomic E-state index is 0.0747. The normalized spacial score (nSPS) is 13.9. The highest BCUT2D eigenvalue weighted by atomic mass is 16.4. The number of aliphatic carboxylic acids is 1. The predicted octanol–water partition coefficient (Wildman–Crippen LogP) is 2.34. The molecule has 1 aromatic rings. The topological polar surface area (TPSA) is 79.3 Å². The van der Waals surface area contributed by atoms with Crippen LogP contribution in [0.4, 0.5) is 0 Å². The Labute approximate surface area is 118 Å². The van der Waals surface area contributed by atoms with Crippen molar-refractivity contribution in [2.75, 3.05) is 0 Å². The maximum Gasteiger partial charge on any atom is 0.328 e. The van der Waals surface area contributed by atoms with Crippen LogP contribution in [0.25, 0.3) is 6.08 Å². The number of pyridine rings is 1. The van der Waals surface area contributed by atoms with Gasteiger partial charge in [0.1, 0.15) is 0 Å². The van der Waals surface area contributed by atoms with Crippen molar-refractivity contribution in [3.8, 4) is 0 Å². The van der Waals surface area contributed by atoms with E-state index in [9.17, 15) is 9.59 Å². The lowest BCUT2D eigenvalue weighted by Crippen LogP contribution is -2.36. The molecule has 20 heavy (non-hydrogen) atoms. The summed E-state index contributed by atoms with van der Waals surface area (Å²) in [6.07, 6.45) is 6.39. The molecule has 0 bridgehead atoms. The first-order chi connectivity index (χ1) is 9.43. The van der Waals surface area contributed by atoms with Crippen LogP contribution in [-0.4, -0.2) is 28.0 Å². The number of hydrogen-bond donors (Lipinski definition) is 2. The van der Waals surface area contributed by atoms with Crippen molar-refractivity contribution in [2.45, 2.75) is 33.2 Å². The van der Waals surface area contributed by atoms with Gasteiger partial charge in [-0.3, -0.25) is 9.78 Å². The number of carboxylic acid groups (broad SMARTS) is 1. The summed E-state index contributed by atoms with van der Waals surface area (Å²) < 4.78 is 0. The molecule has 1 amide bonds. The fourth-order valence-electron chi connectivity index (χ4n) is 1.63. The quantitative estimate of drug-likeness (QED) is 0.782. The molecule has 5 heteroatoms. The molecule has 0 aromatic carbocycles. The predicted molar refractivity (Wildman–Crippen MR) is 77.3 cm³/mol. The SMILES string of the molecule is CCC(C)C(C)NC(=O)c1cncc(C=CC(=O)O)c1. The van der Waals surface area contributed by atoms with Gasteiger partial charge in [0.15, 0.2) is 0 Å². The monoisotopic (exact) mass is 276 g/mol. The Morgan fingerprint density at radius 3 is 2.70 bits per heavy atom. The molecule has 0 spiro atoms. The molecule has 0 aliphatic heterocycles. The Balaban J connectivity index is 2.78. The van der Waals surface area contributed by atoms with Crippen molar-refractivity contribution in [3.63, 3.8) is 0 Å². The van der Waals surface area contributed by atoms with Crippen LogP contribution < -0.4 is 5.32 Å². The Kier molecular flexibility index (Phi) is 5.90. The maximum atomic E-state index is 12.1. The number of nitrogens with one attached hydrogen (secondary N) is 1. The molecule has 5 nitrogen and oxygen atoms in total. The molecule has 1 heterocycles. The standard InChI is InChI=1S/C15H20N2O3/c1-4-10(2)11(3)17-15(20)13-7-12(8-16-9-13)5-6-14(18)19/h5-11H,4H2,1-3H3,(H,17,20)(H,18,19). The maximum absolute atomic E-state index is 12.1.